The SMILES string of the molecule is Cc1ccc(Cl)cc1N=Cc1cc([N+](=O)[O-])cc(Br)c1[O-]. The van der Waals surface area contributed by atoms with Gasteiger partial charge < -0.3 is 5.11 Å². The maximum absolute atomic E-state index is 11.9. The largest absolute Gasteiger partial charge is 0.871 e. The topological polar surface area (TPSA) is 78.6 Å². The van der Waals surface area contributed by atoms with Crippen molar-refractivity contribution >= 4 is 45.1 Å². The molecule has 5 nitrogen and oxygen atoms in total. The maximum atomic E-state index is 11.9. The van der Waals surface area contributed by atoms with Crippen LogP contribution in [0.2, 0.25) is 5.02 Å². The summed E-state index contributed by atoms with van der Waals surface area (Å²) in [6, 6.07) is 7.56. The minimum absolute atomic E-state index is 0.126. The Morgan fingerprint density at radius 3 is 2.71 bits per heavy atom. The molecular weight excluding hydrogens is 360 g/mol. The van der Waals surface area contributed by atoms with Crippen molar-refractivity contribution in [2.45, 2.75) is 6.92 Å². The third kappa shape index (κ3) is 3.59. The molecule has 0 N–H and O–H groups in total. The van der Waals surface area contributed by atoms with Crippen molar-refractivity contribution in [1.29, 1.82) is 0 Å². The first-order chi connectivity index (χ1) is 9.88. The van der Waals surface area contributed by atoms with Crippen LogP contribution in [0.3, 0.4) is 0 Å². The minimum atomic E-state index is -0.563. The average molecular weight is 369 g/mol. The summed E-state index contributed by atoms with van der Waals surface area (Å²) in [5.41, 5.74) is 1.44. The standard InChI is InChI=1S/C14H10BrClN2O3/c1-8-2-3-10(16)5-13(8)17-7-9-4-11(18(20)21)6-12(15)14(9)19/h2-7,19H,1H3/p-1. The molecular formula is C14H9BrClN2O3-. The van der Waals surface area contributed by atoms with Crippen LogP contribution < -0.4 is 5.11 Å². The Balaban J connectivity index is 2.45. The Bertz CT molecular complexity index is 747. The normalized spacial score (nSPS) is 11.0. The molecule has 0 saturated carbocycles. The van der Waals surface area contributed by atoms with E-state index in [1.165, 1.54) is 18.3 Å². The highest BCUT2D eigenvalue weighted by Gasteiger charge is 2.09. The molecule has 0 aromatic heterocycles. The second kappa shape index (κ2) is 6.24. The smallest absolute Gasteiger partial charge is 0.271 e. The highest BCUT2D eigenvalue weighted by molar-refractivity contribution is 9.10. The maximum Gasteiger partial charge on any atom is 0.271 e. The molecule has 108 valence electrons. The molecule has 21 heavy (non-hydrogen) atoms. The molecule has 2 rings (SSSR count). The van der Waals surface area contributed by atoms with E-state index in [-0.39, 0.29) is 21.5 Å². The van der Waals surface area contributed by atoms with E-state index >= 15 is 0 Å². The molecule has 0 aliphatic carbocycles. The molecule has 0 unspecified atom stereocenters. The van der Waals surface area contributed by atoms with Crippen molar-refractivity contribution in [3.8, 4) is 5.75 Å². The first-order valence-corrected chi connectivity index (χ1v) is 7.01. The van der Waals surface area contributed by atoms with Gasteiger partial charge >= 0.3 is 0 Å². The summed E-state index contributed by atoms with van der Waals surface area (Å²) in [6.45, 7) is 1.85. The molecule has 0 saturated heterocycles. The van der Waals surface area contributed by atoms with Crippen molar-refractivity contribution in [2.75, 3.05) is 0 Å². The van der Waals surface area contributed by atoms with E-state index in [2.05, 4.69) is 20.9 Å². The number of nitro benzene ring substituents is 1. The number of hydrogen-bond acceptors (Lipinski definition) is 4. The Hall–Kier alpha value is -1.92. The Morgan fingerprint density at radius 2 is 2.05 bits per heavy atom. The van der Waals surface area contributed by atoms with E-state index in [1.807, 2.05) is 6.92 Å². The van der Waals surface area contributed by atoms with Crippen LogP contribution >= 0.6 is 27.5 Å². The van der Waals surface area contributed by atoms with E-state index in [1.54, 1.807) is 18.2 Å². The van der Waals surface area contributed by atoms with Gasteiger partial charge in [-0.25, -0.2) is 0 Å². The quantitative estimate of drug-likeness (QED) is 0.464. The van der Waals surface area contributed by atoms with Gasteiger partial charge in [-0.05, 0) is 30.2 Å². The van der Waals surface area contributed by atoms with Crippen molar-refractivity contribution in [1.82, 2.24) is 0 Å². The number of halogens is 2. The number of nitrogens with zero attached hydrogens (tertiary/aromatic N) is 2. The summed E-state index contributed by atoms with van der Waals surface area (Å²) in [6.07, 6.45) is 1.30. The Labute approximate surface area is 134 Å². The van der Waals surface area contributed by atoms with Gasteiger partial charge in [-0.3, -0.25) is 15.1 Å². The molecule has 0 heterocycles. The molecule has 0 bridgehead atoms. The van der Waals surface area contributed by atoms with Gasteiger partial charge in [0.1, 0.15) is 0 Å². The highest BCUT2D eigenvalue weighted by atomic mass is 79.9. The highest BCUT2D eigenvalue weighted by Crippen LogP contribution is 2.30. The van der Waals surface area contributed by atoms with Crippen molar-refractivity contribution < 1.29 is 10.0 Å². The molecule has 0 aliphatic rings. The molecule has 0 aliphatic heterocycles. The molecule has 7 heteroatoms. The van der Waals surface area contributed by atoms with Gasteiger partial charge in [-0.1, -0.05) is 39.3 Å². The summed E-state index contributed by atoms with van der Waals surface area (Å²) in [7, 11) is 0. The number of non-ortho nitro benzene ring substituents is 1. The van der Waals surface area contributed by atoms with E-state index in [0.717, 1.165) is 5.56 Å². The molecule has 0 atom stereocenters. The number of benzene rings is 2. The van der Waals surface area contributed by atoms with Crippen molar-refractivity contribution in [3.05, 3.63) is 61.1 Å². The summed E-state index contributed by atoms with van der Waals surface area (Å²) in [4.78, 5) is 14.4. The fraction of sp³-hybridized carbons (Fsp3) is 0.0714. The van der Waals surface area contributed by atoms with E-state index in [9.17, 15) is 15.2 Å². The van der Waals surface area contributed by atoms with Gasteiger partial charge in [0.25, 0.3) is 5.69 Å². The lowest BCUT2D eigenvalue weighted by Gasteiger charge is -2.12. The van der Waals surface area contributed by atoms with E-state index < -0.39 is 4.92 Å². The third-order valence-electron chi connectivity index (χ3n) is 2.78. The summed E-state index contributed by atoms with van der Waals surface area (Å²) in [5, 5.41) is 23.3. The number of aryl methyl sites for hydroxylation is 1. The predicted octanol–water partition coefficient (Wildman–Crippen LogP) is 4.14. The molecule has 2 aromatic carbocycles. The Kier molecular flexibility index (Phi) is 4.59. The van der Waals surface area contributed by atoms with Gasteiger partial charge in [0.05, 0.1) is 10.6 Å². The molecule has 0 amide bonds. The second-order valence-corrected chi connectivity index (χ2v) is 5.58. The van der Waals surface area contributed by atoms with Gasteiger partial charge in [0, 0.05) is 27.8 Å². The molecule has 2 aromatic rings. The summed E-state index contributed by atoms with van der Waals surface area (Å²) in [5.74, 6) is -0.357. The van der Waals surface area contributed by atoms with Crippen LogP contribution in [0.15, 0.2) is 39.8 Å². The number of hydrogen-bond donors (Lipinski definition) is 0. The lowest BCUT2D eigenvalue weighted by Crippen LogP contribution is -1.99. The van der Waals surface area contributed by atoms with Crippen LogP contribution in [0, 0.1) is 17.0 Å². The second-order valence-electron chi connectivity index (χ2n) is 4.29. The van der Waals surface area contributed by atoms with Crippen LogP contribution in [0.1, 0.15) is 11.1 Å². The monoisotopic (exact) mass is 367 g/mol. The lowest BCUT2D eigenvalue weighted by atomic mass is 10.2. The van der Waals surface area contributed by atoms with Crippen molar-refractivity contribution in [2.24, 2.45) is 4.99 Å². The lowest BCUT2D eigenvalue weighted by molar-refractivity contribution is -0.385. The van der Waals surface area contributed by atoms with Gasteiger partial charge in [0.15, 0.2) is 0 Å². The molecule has 0 fully saturated rings. The zero-order valence-corrected chi connectivity index (χ0v) is 13.2. The van der Waals surface area contributed by atoms with Gasteiger partial charge in [0.2, 0.25) is 0 Å². The number of aliphatic imine (C=N–C) groups is 1. The van der Waals surface area contributed by atoms with Crippen LogP contribution in [-0.2, 0) is 0 Å². The zero-order valence-electron chi connectivity index (χ0n) is 10.8. The zero-order chi connectivity index (χ0) is 15.6. The van der Waals surface area contributed by atoms with Crippen LogP contribution in [0.5, 0.6) is 5.75 Å². The van der Waals surface area contributed by atoms with Crippen LogP contribution in [-0.4, -0.2) is 11.1 Å². The number of nitro groups is 1. The first-order valence-electron chi connectivity index (χ1n) is 5.83. The predicted molar refractivity (Wildman–Crippen MR) is 83.7 cm³/mol. The van der Waals surface area contributed by atoms with E-state index in [4.69, 9.17) is 11.6 Å². The summed E-state index contributed by atoms with van der Waals surface area (Å²) >= 11 is 8.91. The van der Waals surface area contributed by atoms with Crippen LogP contribution in [0.25, 0.3) is 0 Å². The van der Waals surface area contributed by atoms with Crippen molar-refractivity contribution in [3.63, 3.8) is 0 Å². The molecule has 0 radical (unpaired) electrons. The average Bonchev–Trinajstić information content (AvgIpc) is 2.43. The van der Waals surface area contributed by atoms with E-state index in [0.29, 0.717) is 10.7 Å². The summed E-state index contributed by atoms with van der Waals surface area (Å²) < 4.78 is 0.126. The molecule has 0 spiro atoms. The fourth-order valence-corrected chi connectivity index (χ4v) is 2.29. The minimum Gasteiger partial charge on any atom is -0.871 e. The third-order valence-corrected chi connectivity index (χ3v) is 3.61. The fourth-order valence-electron chi connectivity index (χ4n) is 1.66. The Morgan fingerprint density at radius 1 is 1.33 bits per heavy atom. The van der Waals surface area contributed by atoms with Gasteiger partial charge in [-0.2, -0.15) is 0 Å². The van der Waals surface area contributed by atoms with Gasteiger partial charge in [-0.15, -0.1) is 0 Å². The number of rotatable bonds is 3. The van der Waals surface area contributed by atoms with Crippen LogP contribution in [0.4, 0.5) is 11.4 Å². The first kappa shape index (κ1) is 15.5.